The van der Waals surface area contributed by atoms with Gasteiger partial charge in [-0.2, -0.15) is 5.26 Å². The maximum atomic E-state index is 13.6. The van der Waals surface area contributed by atoms with Gasteiger partial charge in [0, 0.05) is 12.1 Å². The van der Waals surface area contributed by atoms with Crippen molar-refractivity contribution in [2.75, 3.05) is 0 Å². The molecule has 0 bridgehead atoms. The van der Waals surface area contributed by atoms with Gasteiger partial charge >= 0.3 is 5.97 Å². The summed E-state index contributed by atoms with van der Waals surface area (Å²) in [5, 5.41) is 8.65. The highest BCUT2D eigenvalue weighted by Crippen LogP contribution is 2.60. The van der Waals surface area contributed by atoms with E-state index in [0.29, 0.717) is 11.5 Å². The Balaban J connectivity index is 1.65. The Bertz CT molecular complexity index is 825. The molecule has 0 saturated heterocycles. The fraction of sp³-hybridized carbons (Fsp3) is 0.300. The molecule has 2 aliphatic carbocycles. The van der Waals surface area contributed by atoms with Crippen LogP contribution in [0.25, 0.3) is 0 Å². The van der Waals surface area contributed by atoms with E-state index in [1.54, 1.807) is 6.08 Å². The number of ether oxygens (including phenoxy) is 1. The van der Waals surface area contributed by atoms with Crippen molar-refractivity contribution in [2.45, 2.75) is 26.2 Å². The number of carbonyl (C=O) groups is 1. The Morgan fingerprint density at radius 1 is 1.44 bits per heavy atom. The molecule has 2 unspecified atom stereocenters. The number of rotatable bonds is 4. The van der Waals surface area contributed by atoms with E-state index < -0.39 is 23.2 Å². The third kappa shape index (κ3) is 3.39. The number of nitriles is 1. The number of hydrogen-bond donors (Lipinski definition) is 0. The first kappa shape index (κ1) is 17.1. The number of halogens is 2. The van der Waals surface area contributed by atoms with Crippen molar-refractivity contribution in [1.82, 2.24) is 0 Å². The summed E-state index contributed by atoms with van der Waals surface area (Å²) in [7, 11) is 0. The number of nitrogens with zero attached hydrogens (tertiary/aromatic N) is 1. The summed E-state index contributed by atoms with van der Waals surface area (Å²) in [5.41, 5.74) is -0.192. The second-order valence-electron chi connectivity index (χ2n) is 6.40. The molecule has 0 amide bonds. The van der Waals surface area contributed by atoms with Crippen molar-refractivity contribution in [3.63, 3.8) is 0 Å². The van der Waals surface area contributed by atoms with Crippen LogP contribution in [0.2, 0.25) is 0 Å². The molecule has 0 N–H and O–H groups in total. The molecular weight excluding hydrogens is 324 g/mol. The van der Waals surface area contributed by atoms with Crippen LogP contribution in [0, 0.1) is 34.3 Å². The summed E-state index contributed by atoms with van der Waals surface area (Å²) >= 11 is 0. The molecule has 1 spiro atoms. The van der Waals surface area contributed by atoms with Crippen LogP contribution in [0.15, 0.2) is 48.1 Å². The van der Waals surface area contributed by atoms with Crippen molar-refractivity contribution in [2.24, 2.45) is 11.3 Å². The average Bonchev–Trinajstić information content (AvgIpc) is 3.25. The van der Waals surface area contributed by atoms with Crippen LogP contribution in [-0.2, 0) is 4.79 Å². The van der Waals surface area contributed by atoms with E-state index in [-0.39, 0.29) is 11.2 Å². The summed E-state index contributed by atoms with van der Waals surface area (Å²) < 4.78 is 32.2. The summed E-state index contributed by atoms with van der Waals surface area (Å²) in [6, 6.07) is 3.10. The maximum absolute atomic E-state index is 13.6. The van der Waals surface area contributed by atoms with E-state index in [0.717, 1.165) is 31.4 Å². The molecule has 2 aliphatic rings. The van der Waals surface area contributed by atoms with Gasteiger partial charge in [-0.25, -0.2) is 13.6 Å². The first-order valence-corrected chi connectivity index (χ1v) is 8.11. The first-order valence-electron chi connectivity index (χ1n) is 8.11. The number of hydrogen-bond acceptors (Lipinski definition) is 3. The fourth-order valence-corrected chi connectivity index (χ4v) is 3.20. The zero-order valence-electron chi connectivity index (χ0n) is 13.8. The Labute approximate surface area is 144 Å². The molecular formula is C20H17F2NO2. The van der Waals surface area contributed by atoms with Crippen molar-refractivity contribution in [3.05, 3.63) is 65.3 Å². The Kier molecular flexibility index (Phi) is 4.54. The van der Waals surface area contributed by atoms with Crippen molar-refractivity contribution in [3.8, 4) is 11.8 Å². The molecule has 0 heterocycles. The molecule has 3 rings (SSSR count). The molecule has 1 aromatic carbocycles. The number of carbonyl (C=O) groups excluding carboxylic acids is 1. The topological polar surface area (TPSA) is 50.1 Å². The molecule has 128 valence electrons. The molecule has 25 heavy (non-hydrogen) atoms. The lowest BCUT2D eigenvalue weighted by Crippen LogP contribution is -2.14. The van der Waals surface area contributed by atoms with Gasteiger partial charge in [-0.15, -0.1) is 0 Å². The van der Waals surface area contributed by atoms with Crippen LogP contribution in [0.1, 0.15) is 31.7 Å². The zero-order chi connectivity index (χ0) is 18.0. The quantitative estimate of drug-likeness (QED) is 0.457. The monoisotopic (exact) mass is 341 g/mol. The summed E-state index contributed by atoms with van der Waals surface area (Å²) in [5.74, 6) is -2.44. The van der Waals surface area contributed by atoms with Crippen LogP contribution in [0.3, 0.4) is 0 Å². The zero-order valence-corrected chi connectivity index (χ0v) is 13.8. The predicted molar refractivity (Wildman–Crippen MR) is 88.5 cm³/mol. The Morgan fingerprint density at radius 2 is 2.16 bits per heavy atom. The van der Waals surface area contributed by atoms with Crippen LogP contribution >= 0.6 is 0 Å². The van der Waals surface area contributed by atoms with Gasteiger partial charge < -0.3 is 4.74 Å². The molecule has 2 atom stereocenters. The highest BCUT2D eigenvalue weighted by atomic mass is 19.1. The summed E-state index contributed by atoms with van der Waals surface area (Å²) in [6.45, 7) is 1.99. The van der Waals surface area contributed by atoms with Crippen LogP contribution in [0.4, 0.5) is 8.78 Å². The second-order valence-corrected chi connectivity index (χ2v) is 6.40. The van der Waals surface area contributed by atoms with E-state index in [4.69, 9.17) is 10.00 Å². The Hall–Kier alpha value is -2.74. The van der Waals surface area contributed by atoms with E-state index in [1.165, 1.54) is 6.07 Å². The minimum absolute atomic E-state index is 0.135. The van der Waals surface area contributed by atoms with E-state index in [2.05, 4.69) is 6.08 Å². The molecule has 0 aliphatic heterocycles. The van der Waals surface area contributed by atoms with Gasteiger partial charge in [0.05, 0.1) is 5.57 Å². The first-order chi connectivity index (χ1) is 12.0. The van der Waals surface area contributed by atoms with Gasteiger partial charge in [0.25, 0.3) is 0 Å². The van der Waals surface area contributed by atoms with Crippen molar-refractivity contribution >= 4 is 5.97 Å². The van der Waals surface area contributed by atoms with E-state index >= 15 is 0 Å². The number of allylic oxidation sites excluding steroid dienone is 4. The van der Waals surface area contributed by atoms with Gasteiger partial charge in [-0.3, -0.25) is 0 Å². The predicted octanol–water partition coefficient (Wildman–Crippen LogP) is 4.60. The van der Waals surface area contributed by atoms with E-state index in [1.807, 2.05) is 25.2 Å². The smallest absolute Gasteiger partial charge is 0.343 e. The SMILES string of the molecule is C/C=C/CC1CC12C=CC(C(=O)Oc1cc(F)c(C#N)c(F)c1)=CC2. The standard InChI is InChI=1S/C20H17F2NO2/c1-2-3-4-14-11-20(14)7-5-13(6-8-20)19(24)25-15-9-17(21)16(12-23)18(22)10-15/h2-3,5-7,9-10,14H,4,8,11H2,1H3/b3-2+. The minimum atomic E-state index is -1.05. The van der Waals surface area contributed by atoms with Gasteiger partial charge in [0.2, 0.25) is 0 Å². The molecule has 3 nitrogen and oxygen atoms in total. The van der Waals surface area contributed by atoms with Gasteiger partial charge in [-0.05, 0) is 37.5 Å². The molecule has 1 saturated carbocycles. The normalized spacial score (nSPS) is 24.2. The minimum Gasteiger partial charge on any atom is -0.423 e. The van der Waals surface area contributed by atoms with Crippen LogP contribution in [-0.4, -0.2) is 5.97 Å². The molecule has 1 fully saturated rings. The third-order valence-electron chi connectivity index (χ3n) is 4.81. The Morgan fingerprint density at radius 3 is 2.72 bits per heavy atom. The van der Waals surface area contributed by atoms with Gasteiger partial charge in [-0.1, -0.05) is 30.4 Å². The van der Waals surface area contributed by atoms with Crippen LogP contribution < -0.4 is 4.74 Å². The van der Waals surface area contributed by atoms with Crippen molar-refractivity contribution < 1.29 is 18.3 Å². The summed E-state index contributed by atoms with van der Waals surface area (Å²) in [6.07, 6.45) is 12.6. The lowest BCUT2D eigenvalue weighted by atomic mass is 9.91. The average molecular weight is 341 g/mol. The van der Waals surface area contributed by atoms with E-state index in [9.17, 15) is 13.6 Å². The highest BCUT2D eigenvalue weighted by molar-refractivity contribution is 5.93. The fourth-order valence-electron chi connectivity index (χ4n) is 3.20. The third-order valence-corrected chi connectivity index (χ3v) is 4.81. The molecule has 0 radical (unpaired) electrons. The largest absolute Gasteiger partial charge is 0.423 e. The maximum Gasteiger partial charge on any atom is 0.343 e. The lowest BCUT2D eigenvalue weighted by Gasteiger charge is -2.16. The van der Waals surface area contributed by atoms with Crippen molar-refractivity contribution in [1.29, 1.82) is 5.26 Å². The number of benzene rings is 1. The molecule has 5 heteroatoms. The number of esters is 1. The van der Waals surface area contributed by atoms with Gasteiger partial charge in [0.15, 0.2) is 0 Å². The van der Waals surface area contributed by atoms with Crippen LogP contribution in [0.5, 0.6) is 5.75 Å². The second kappa shape index (κ2) is 6.64. The molecule has 0 aromatic heterocycles. The molecule has 1 aromatic rings. The van der Waals surface area contributed by atoms with Gasteiger partial charge in [0.1, 0.15) is 29.0 Å². The highest BCUT2D eigenvalue weighted by Gasteiger charge is 2.51. The summed E-state index contributed by atoms with van der Waals surface area (Å²) in [4.78, 5) is 12.2. The lowest BCUT2D eigenvalue weighted by molar-refractivity contribution is -0.129.